The molecule has 1 rings (SSSR count). The van der Waals surface area contributed by atoms with Gasteiger partial charge in [-0.3, -0.25) is 0 Å². The van der Waals surface area contributed by atoms with Gasteiger partial charge in [0.1, 0.15) is 0 Å². The summed E-state index contributed by atoms with van der Waals surface area (Å²) < 4.78 is 0. The minimum atomic E-state index is -0.0591. The SMILES string of the molecule is CC/C=C\C(C)(N)C1CCCCC1. The van der Waals surface area contributed by atoms with Crippen molar-refractivity contribution < 1.29 is 0 Å². The van der Waals surface area contributed by atoms with Crippen molar-refractivity contribution in [2.24, 2.45) is 11.7 Å². The molecule has 13 heavy (non-hydrogen) atoms. The zero-order valence-electron chi connectivity index (χ0n) is 9.05. The average molecular weight is 181 g/mol. The molecular formula is C12H23N. The molecule has 1 aliphatic rings. The fraction of sp³-hybridized carbons (Fsp3) is 0.833. The molecule has 1 aliphatic carbocycles. The molecule has 0 aromatic rings. The van der Waals surface area contributed by atoms with Gasteiger partial charge < -0.3 is 5.73 Å². The molecule has 1 nitrogen and oxygen atoms in total. The van der Waals surface area contributed by atoms with Crippen LogP contribution in [0.3, 0.4) is 0 Å². The number of rotatable bonds is 3. The van der Waals surface area contributed by atoms with E-state index in [0.29, 0.717) is 5.92 Å². The van der Waals surface area contributed by atoms with Gasteiger partial charge in [0.2, 0.25) is 0 Å². The highest BCUT2D eigenvalue weighted by atomic mass is 14.7. The predicted molar refractivity (Wildman–Crippen MR) is 58.6 cm³/mol. The molecule has 0 aliphatic heterocycles. The van der Waals surface area contributed by atoms with Crippen LogP contribution in [0.4, 0.5) is 0 Å². The lowest BCUT2D eigenvalue weighted by Gasteiger charge is -2.34. The van der Waals surface area contributed by atoms with E-state index in [2.05, 4.69) is 26.0 Å². The monoisotopic (exact) mass is 181 g/mol. The van der Waals surface area contributed by atoms with E-state index < -0.39 is 0 Å². The van der Waals surface area contributed by atoms with E-state index >= 15 is 0 Å². The Labute approximate surface area is 82.4 Å². The lowest BCUT2D eigenvalue weighted by Crippen LogP contribution is -2.43. The molecule has 0 spiro atoms. The summed E-state index contributed by atoms with van der Waals surface area (Å²) in [5.41, 5.74) is 6.23. The molecule has 0 amide bonds. The van der Waals surface area contributed by atoms with Gasteiger partial charge >= 0.3 is 0 Å². The van der Waals surface area contributed by atoms with Gasteiger partial charge in [-0.2, -0.15) is 0 Å². The maximum absolute atomic E-state index is 6.29. The quantitative estimate of drug-likeness (QED) is 0.664. The lowest BCUT2D eigenvalue weighted by molar-refractivity contribution is 0.264. The van der Waals surface area contributed by atoms with Crippen LogP contribution < -0.4 is 5.73 Å². The van der Waals surface area contributed by atoms with E-state index in [-0.39, 0.29) is 5.54 Å². The number of allylic oxidation sites excluding steroid dienone is 1. The molecule has 1 heteroatoms. The summed E-state index contributed by atoms with van der Waals surface area (Å²) in [6.07, 6.45) is 12.3. The van der Waals surface area contributed by atoms with Crippen molar-refractivity contribution in [3.63, 3.8) is 0 Å². The van der Waals surface area contributed by atoms with Gasteiger partial charge in [-0.15, -0.1) is 0 Å². The third-order valence-electron chi connectivity index (χ3n) is 3.20. The minimum absolute atomic E-state index is 0.0591. The third kappa shape index (κ3) is 3.15. The molecule has 0 heterocycles. The predicted octanol–water partition coefficient (Wildman–Crippen LogP) is 3.25. The van der Waals surface area contributed by atoms with Crippen LogP contribution in [0.5, 0.6) is 0 Å². The molecule has 1 saturated carbocycles. The first kappa shape index (κ1) is 10.8. The first-order valence-electron chi connectivity index (χ1n) is 5.63. The first-order valence-corrected chi connectivity index (χ1v) is 5.63. The molecule has 1 fully saturated rings. The Balaban J connectivity index is 2.50. The minimum Gasteiger partial charge on any atom is -0.322 e. The van der Waals surface area contributed by atoms with Gasteiger partial charge in [-0.05, 0) is 32.1 Å². The molecular weight excluding hydrogens is 158 g/mol. The second kappa shape index (κ2) is 4.80. The fourth-order valence-corrected chi connectivity index (χ4v) is 2.23. The van der Waals surface area contributed by atoms with Gasteiger partial charge in [-0.1, -0.05) is 38.3 Å². The number of hydrogen-bond donors (Lipinski definition) is 1. The van der Waals surface area contributed by atoms with Crippen LogP contribution in [0, 0.1) is 5.92 Å². The Hall–Kier alpha value is -0.300. The number of nitrogens with two attached hydrogens (primary N) is 1. The van der Waals surface area contributed by atoms with Crippen molar-refractivity contribution in [1.82, 2.24) is 0 Å². The Morgan fingerprint density at radius 2 is 1.92 bits per heavy atom. The molecule has 76 valence electrons. The van der Waals surface area contributed by atoms with Crippen molar-refractivity contribution in [2.75, 3.05) is 0 Å². The van der Waals surface area contributed by atoms with Gasteiger partial charge in [-0.25, -0.2) is 0 Å². The van der Waals surface area contributed by atoms with Gasteiger partial charge in [0.25, 0.3) is 0 Å². The van der Waals surface area contributed by atoms with E-state index in [1.165, 1.54) is 32.1 Å². The third-order valence-corrected chi connectivity index (χ3v) is 3.20. The van der Waals surface area contributed by atoms with Crippen LogP contribution in [0.1, 0.15) is 52.4 Å². The molecule has 2 N–H and O–H groups in total. The summed E-state index contributed by atoms with van der Waals surface area (Å²) in [6.45, 7) is 4.34. The molecule has 0 aromatic heterocycles. The maximum Gasteiger partial charge on any atom is 0.0339 e. The van der Waals surface area contributed by atoms with E-state index in [9.17, 15) is 0 Å². The smallest absolute Gasteiger partial charge is 0.0339 e. The van der Waals surface area contributed by atoms with Crippen molar-refractivity contribution in [3.8, 4) is 0 Å². The molecule has 1 atom stereocenters. The van der Waals surface area contributed by atoms with E-state index in [0.717, 1.165) is 6.42 Å². The Morgan fingerprint density at radius 1 is 1.31 bits per heavy atom. The fourth-order valence-electron chi connectivity index (χ4n) is 2.23. The zero-order valence-corrected chi connectivity index (χ0v) is 9.05. The first-order chi connectivity index (χ1) is 6.17. The highest BCUT2D eigenvalue weighted by Gasteiger charge is 2.28. The topological polar surface area (TPSA) is 26.0 Å². The van der Waals surface area contributed by atoms with Crippen molar-refractivity contribution in [1.29, 1.82) is 0 Å². The summed E-state index contributed by atoms with van der Waals surface area (Å²) in [5, 5.41) is 0. The van der Waals surface area contributed by atoms with Crippen LogP contribution >= 0.6 is 0 Å². The summed E-state index contributed by atoms with van der Waals surface area (Å²) in [5.74, 6) is 0.712. The standard InChI is InChI=1S/C12H23N/c1-3-4-10-12(2,13)11-8-6-5-7-9-11/h4,10-11H,3,5-9,13H2,1-2H3/b10-4-. The molecule has 1 unspecified atom stereocenters. The highest BCUT2D eigenvalue weighted by Crippen LogP contribution is 2.31. The van der Waals surface area contributed by atoms with Crippen LogP contribution in [-0.2, 0) is 0 Å². The molecule has 0 bridgehead atoms. The summed E-state index contributed by atoms with van der Waals surface area (Å²) in [4.78, 5) is 0. The van der Waals surface area contributed by atoms with Gasteiger partial charge in [0, 0.05) is 5.54 Å². The summed E-state index contributed by atoms with van der Waals surface area (Å²) >= 11 is 0. The summed E-state index contributed by atoms with van der Waals surface area (Å²) in [7, 11) is 0. The molecule has 0 saturated heterocycles. The van der Waals surface area contributed by atoms with Crippen LogP contribution in [-0.4, -0.2) is 5.54 Å². The Bertz CT molecular complexity index is 164. The second-order valence-electron chi connectivity index (χ2n) is 4.51. The normalized spacial score (nSPS) is 24.8. The van der Waals surface area contributed by atoms with Gasteiger partial charge in [0.05, 0.1) is 0 Å². The average Bonchev–Trinajstić information content (AvgIpc) is 2.16. The highest BCUT2D eigenvalue weighted by molar-refractivity contribution is 5.05. The van der Waals surface area contributed by atoms with Crippen molar-refractivity contribution in [2.45, 2.75) is 57.9 Å². The Morgan fingerprint density at radius 3 is 2.46 bits per heavy atom. The molecule has 0 radical (unpaired) electrons. The molecule has 0 aromatic carbocycles. The maximum atomic E-state index is 6.29. The second-order valence-corrected chi connectivity index (χ2v) is 4.51. The number of hydrogen-bond acceptors (Lipinski definition) is 1. The van der Waals surface area contributed by atoms with E-state index in [1.807, 2.05) is 0 Å². The van der Waals surface area contributed by atoms with Crippen molar-refractivity contribution >= 4 is 0 Å². The van der Waals surface area contributed by atoms with Crippen molar-refractivity contribution in [3.05, 3.63) is 12.2 Å². The van der Waals surface area contributed by atoms with E-state index in [1.54, 1.807) is 0 Å². The Kier molecular flexibility index (Phi) is 3.98. The van der Waals surface area contributed by atoms with E-state index in [4.69, 9.17) is 5.73 Å². The van der Waals surface area contributed by atoms with Crippen LogP contribution in [0.15, 0.2) is 12.2 Å². The summed E-state index contributed by atoms with van der Waals surface area (Å²) in [6, 6.07) is 0. The largest absolute Gasteiger partial charge is 0.322 e. The van der Waals surface area contributed by atoms with Crippen LogP contribution in [0.25, 0.3) is 0 Å². The zero-order chi connectivity index (χ0) is 9.73. The lowest BCUT2D eigenvalue weighted by atomic mass is 9.76. The van der Waals surface area contributed by atoms with Crippen LogP contribution in [0.2, 0.25) is 0 Å². The van der Waals surface area contributed by atoms with Gasteiger partial charge in [0.15, 0.2) is 0 Å².